The van der Waals surface area contributed by atoms with Gasteiger partial charge in [0.2, 0.25) is 0 Å². The molecule has 1 aromatic carbocycles. The maximum atomic E-state index is 4.59. The summed E-state index contributed by atoms with van der Waals surface area (Å²) in [5.74, 6) is 0.897. The highest BCUT2D eigenvalue weighted by atomic mass is 127. The van der Waals surface area contributed by atoms with Crippen LogP contribution >= 0.6 is 24.0 Å². The van der Waals surface area contributed by atoms with Gasteiger partial charge in [0.1, 0.15) is 0 Å². The molecule has 132 valence electrons. The molecule has 0 fully saturated rings. The number of fused-ring (bicyclic) bond motifs is 1. The van der Waals surface area contributed by atoms with Crippen LogP contribution in [0.3, 0.4) is 0 Å². The Balaban J connectivity index is 0.00000288. The molecular formula is C19H29IN4. The summed E-state index contributed by atoms with van der Waals surface area (Å²) in [5.41, 5.74) is 3.90. The van der Waals surface area contributed by atoms with Crippen LogP contribution in [0.5, 0.6) is 0 Å². The van der Waals surface area contributed by atoms with E-state index >= 15 is 0 Å². The number of nitrogens with one attached hydrogen (secondary N) is 3. The van der Waals surface area contributed by atoms with Gasteiger partial charge in [-0.05, 0) is 50.8 Å². The number of benzene rings is 1. The Morgan fingerprint density at radius 1 is 1.29 bits per heavy atom. The standard InChI is InChI=1S/C19H28N4.HI/c1-4-6-7-12-21-19(20-5-2)22-13-11-16-14-23-17-10-8-9-15(3)18(16)17;/h4,6,8-10,14,23H,5,7,11-13H2,1-3H3,(H2,20,21,22);1H/b6-4+;. The molecule has 0 atom stereocenters. The molecule has 2 rings (SSSR count). The summed E-state index contributed by atoms with van der Waals surface area (Å²) in [7, 11) is 0. The van der Waals surface area contributed by atoms with Crippen LogP contribution in [0.25, 0.3) is 10.9 Å². The number of halogens is 1. The number of nitrogens with zero attached hydrogens (tertiary/aromatic N) is 1. The quantitative estimate of drug-likeness (QED) is 0.199. The Kier molecular flexibility index (Phi) is 9.52. The third-order valence-electron chi connectivity index (χ3n) is 3.83. The zero-order valence-corrected chi connectivity index (χ0v) is 17.2. The van der Waals surface area contributed by atoms with Crippen LogP contribution in [0, 0.1) is 6.92 Å². The summed E-state index contributed by atoms with van der Waals surface area (Å²) in [6, 6.07) is 6.39. The molecular weight excluding hydrogens is 411 g/mol. The summed E-state index contributed by atoms with van der Waals surface area (Å²) in [5, 5.41) is 8.07. The van der Waals surface area contributed by atoms with Gasteiger partial charge in [0.25, 0.3) is 0 Å². The number of hydrogen-bond acceptors (Lipinski definition) is 1. The molecule has 1 heterocycles. The number of hydrogen-bond donors (Lipinski definition) is 3. The summed E-state index contributed by atoms with van der Waals surface area (Å²) in [4.78, 5) is 7.94. The zero-order valence-electron chi connectivity index (χ0n) is 14.9. The first kappa shape index (κ1) is 20.5. The molecule has 3 N–H and O–H groups in total. The fraction of sp³-hybridized carbons (Fsp3) is 0.421. The Labute approximate surface area is 162 Å². The Morgan fingerprint density at radius 3 is 2.88 bits per heavy atom. The van der Waals surface area contributed by atoms with E-state index in [1.54, 1.807) is 0 Å². The maximum Gasteiger partial charge on any atom is 0.191 e. The van der Waals surface area contributed by atoms with Crippen molar-refractivity contribution in [2.24, 2.45) is 4.99 Å². The minimum Gasteiger partial charge on any atom is -0.361 e. The van der Waals surface area contributed by atoms with E-state index in [2.05, 4.69) is 71.0 Å². The molecule has 0 radical (unpaired) electrons. The van der Waals surface area contributed by atoms with Crippen LogP contribution in [0.2, 0.25) is 0 Å². The molecule has 1 aromatic heterocycles. The summed E-state index contributed by atoms with van der Waals surface area (Å²) < 4.78 is 0. The van der Waals surface area contributed by atoms with Gasteiger partial charge in [0, 0.05) is 36.7 Å². The maximum absolute atomic E-state index is 4.59. The number of aromatic amines is 1. The first-order valence-corrected chi connectivity index (χ1v) is 8.45. The van der Waals surface area contributed by atoms with Crippen molar-refractivity contribution in [3.63, 3.8) is 0 Å². The summed E-state index contributed by atoms with van der Waals surface area (Å²) >= 11 is 0. The topological polar surface area (TPSA) is 52.2 Å². The number of aliphatic imine (C=N–C) groups is 1. The smallest absolute Gasteiger partial charge is 0.191 e. The summed E-state index contributed by atoms with van der Waals surface area (Å²) in [6.45, 7) is 8.85. The Morgan fingerprint density at radius 2 is 2.12 bits per heavy atom. The van der Waals surface area contributed by atoms with Gasteiger partial charge in [-0.3, -0.25) is 4.99 Å². The monoisotopic (exact) mass is 440 g/mol. The predicted molar refractivity (Wildman–Crippen MR) is 116 cm³/mol. The molecule has 0 amide bonds. The predicted octanol–water partition coefficient (Wildman–Crippen LogP) is 4.16. The zero-order chi connectivity index (χ0) is 16.5. The van der Waals surface area contributed by atoms with Crippen LogP contribution in [0.1, 0.15) is 31.4 Å². The molecule has 5 heteroatoms. The van der Waals surface area contributed by atoms with Gasteiger partial charge >= 0.3 is 0 Å². The lowest BCUT2D eigenvalue weighted by Gasteiger charge is -2.11. The first-order valence-electron chi connectivity index (χ1n) is 8.45. The number of aryl methyl sites for hydroxylation is 1. The van der Waals surface area contributed by atoms with Crippen LogP contribution in [-0.2, 0) is 6.42 Å². The molecule has 0 bridgehead atoms. The van der Waals surface area contributed by atoms with E-state index in [1.807, 2.05) is 6.92 Å². The van der Waals surface area contributed by atoms with Gasteiger partial charge in [-0.1, -0.05) is 24.3 Å². The third kappa shape index (κ3) is 5.85. The van der Waals surface area contributed by atoms with Crippen LogP contribution < -0.4 is 10.6 Å². The molecule has 0 aliphatic rings. The highest BCUT2D eigenvalue weighted by Crippen LogP contribution is 2.22. The fourth-order valence-corrected chi connectivity index (χ4v) is 2.72. The van der Waals surface area contributed by atoms with Crippen molar-refractivity contribution in [3.05, 3.63) is 47.7 Å². The van der Waals surface area contributed by atoms with Gasteiger partial charge < -0.3 is 15.6 Å². The van der Waals surface area contributed by atoms with E-state index in [-0.39, 0.29) is 24.0 Å². The van der Waals surface area contributed by atoms with Crippen molar-refractivity contribution >= 4 is 40.8 Å². The average Bonchev–Trinajstić information content (AvgIpc) is 2.96. The van der Waals surface area contributed by atoms with Crippen molar-refractivity contribution < 1.29 is 0 Å². The van der Waals surface area contributed by atoms with Gasteiger partial charge in [-0.25, -0.2) is 0 Å². The van der Waals surface area contributed by atoms with E-state index in [0.717, 1.165) is 38.4 Å². The lowest BCUT2D eigenvalue weighted by Crippen LogP contribution is -2.38. The molecule has 24 heavy (non-hydrogen) atoms. The lowest BCUT2D eigenvalue weighted by atomic mass is 10.1. The van der Waals surface area contributed by atoms with E-state index < -0.39 is 0 Å². The minimum absolute atomic E-state index is 0. The second-order valence-electron chi connectivity index (χ2n) is 5.61. The van der Waals surface area contributed by atoms with Gasteiger partial charge in [-0.2, -0.15) is 0 Å². The van der Waals surface area contributed by atoms with Gasteiger partial charge in [-0.15, -0.1) is 24.0 Å². The number of rotatable bonds is 7. The van der Waals surface area contributed by atoms with Crippen molar-refractivity contribution in [3.8, 4) is 0 Å². The van der Waals surface area contributed by atoms with E-state index in [9.17, 15) is 0 Å². The highest BCUT2D eigenvalue weighted by molar-refractivity contribution is 14.0. The average molecular weight is 440 g/mol. The van der Waals surface area contributed by atoms with Crippen LogP contribution in [-0.4, -0.2) is 30.6 Å². The molecule has 0 aliphatic carbocycles. The van der Waals surface area contributed by atoms with Gasteiger partial charge in [0.15, 0.2) is 5.96 Å². The molecule has 4 nitrogen and oxygen atoms in total. The van der Waals surface area contributed by atoms with Gasteiger partial charge in [0.05, 0.1) is 0 Å². The number of guanidine groups is 1. The van der Waals surface area contributed by atoms with Crippen molar-refractivity contribution in [2.75, 3.05) is 19.6 Å². The number of allylic oxidation sites excluding steroid dienone is 1. The molecule has 0 saturated carbocycles. The van der Waals surface area contributed by atoms with Crippen LogP contribution in [0.15, 0.2) is 41.5 Å². The first-order chi connectivity index (χ1) is 11.3. The SMILES string of the molecule is C/C=C/CCN=C(NCC)NCCc1c[nH]c2cccc(C)c12.I. The lowest BCUT2D eigenvalue weighted by molar-refractivity contribution is 0.800. The minimum atomic E-state index is 0. The summed E-state index contributed by atoms with van der Waals surface area (Å²) in [6.07, 6.45) is 8.28. The Hall–Kier alpha value is -1.50. The molecule has 0 saturated heterocycles. The third-order valence-corrected chi connectivity index (χ3v) is 3.83. The Bertz CT molecular complexity index is 673. The number of H-pyrrole nitrogens is 1. The fourth-order valence-electron chi connectivity index (χ4n) is 2.72. The van der Waals surface area contributed by atoms with Crippen LogP contribution in [0.4, 0.5) is 0 Å². The van der Waals surface area contributed by atoms with E-state index in [4.69, 9.17) is 0 Å². The van der Waals surface area contributed by atoms with Crippen molar-refractivity contribution in [2.45, 2.75) is 33.6 Å². The molecule has 0 spiro atoms. The molecule has 0 unspecified atom stereocenters. The largest absolute Gasteiger partial charge is 0.361 e. The highest BCUT2D eigenvalue weighted by Gasteiger charge is 2.06. The van der Waals surface area contributed by atoms with E-state index in [1.165, 1.54) is 22.0 Å². The normalized spacial score (nSPS) is 11.7. The number of aromatic nitrogens is 1. The van der Waals surface area contributed by atoms with Crippen molar-refractivity contribution in [1.29, 1.82) is 0 Å². The molecule has 0 aliphatic heterocycles. The molecule has 2 aromatic rings. The second-order valence-corrected chi connectivity index (χ2v) is 5.61. The van der Waals surface area contributed by atoms with E-state index in [0.29, 0.717) is 0 Å². The second kappa shape index (κ2) is 11.1. The van der Waals surface area contributed by atoms with Crippen molar-refractivity contribution in [1.82, 2.24) is 15.6 Å².